The van der Waals surface area contributed by atoms with E-state index >= 15 is 0 Å². The van der Waals surface area contributed by atoms with E-state index in [0.29, 0.717) is 13.2 Å². The van der Waals surface area contributed by atoms with E-state index in [0.717, 1.165) is 36.2 Å². The van der Waals surface area contributed by atoms with Gasteiger partial charge in [0.25, 0.3) is 0 Å². The van der Waals surface area contributed by atoms with Gasteiger partial charge in [0.2, 0.25) is 0 Å². The van der Waals surface area contributed by atoms with Gasteiger partial charge in [-0.2, -0.15) is 5.26 Å². The Bertz CT molecular complexity index is 961. The summed E-state index contributed by atoms with van der Waals surface area (Å²) in [5.41, 5.74) is 17.2. The molecule has 1 fully saturated rings. The van der Waals surface area contributed by atoms with Crippen LogP contribution in [0.15, 0.2) is 72.8 Å². The van der Waals surface area contributed by atoms with Gasteiger partial charge in [-0.3, -0.25) is 0 Å². The van der Waals surface area contributed by atoms with Crippen molar-refractivity contribution >= 4 is 11.4 Å². The summed E-state index contributed by atoms with van der Waals surface area (Å²) < 4.78 is 5.42. The minimum atomic E-state index is -0.393. The second-order valence-corrected chi connectivity index (χ2v) is 7.84. The van der Waals surface area contributed by atoms with Crippen molar-refractivity contribution in [3.8, 4) is 6.07 Å². The van der Waals surface area contributed by atoms with Crippen molar-refractivity contribution in [2.45, 2.75) is 31.6 Å². The van der Waals surface area contributed by atoms with Gasteiger partial charge in [-0.15, -0.1) is 0 Å². The standard InChI is InChI=1S/C19H20N2O.C7H9N/c20-14-19(8-10-22-11-9-19)17-3-1-2-16(13-17)12-15-4-6-18(21)7-5-15;1-6-2-4-7(8)5-3-6/h1-7,13H,8-12,21H2;2-5H,8H2,1H3. The van der Waals surface area contributed by atoms with Gasteiger partial charge in [-0.25, -0.2) is 0 Å². The molecule has 1 heterocycles. The van der Waals surface area contributed by atoms with Gasteiger partial charge in [-0.05, 0) is 67.1 Å². The van der Waals surface area contributed by atoms with Crippen molar-refractivity contribution in [3.05, 3.63) is 95.1 Å². The fourth-order valence-electron chi connectivity index (χ4n) is 3.60. The molecule has 0 bridgehead atoms. The normalized spacial score (nSPS) is 14.8. The molecular weight excluding hydrogens is 370 g/mol. The van der Waals surface area contributed by atoms with Crippen molar-refractivity contribution < 1.29 is 4.74 Å². The molecule has 30 heavy (non-hydrogen) atoms. The number of nitrogen functional groups attached to an aromatic ring is 2. The zero-order valence-electron chi connectivity index (χ0n) is 17.5. The van der Waals surface area contributed by atoms with Gasteiger partial charge >= 0.3 is 0 Å². The van der Waals surface area contributed by atoms with Crippen molar-refractivity contribution in [2.24, 2.45) is 0 Å². The lowest BCUT2D eigenvalue weighted by atomic mass is 9.75. The SMILES string of the molecule is Cc1ccc(N)cc1.N#CC1(c2cccc(Cc3ccc(N)cc3)c2)CCOCC1. The second-order valence-electron chi connectivity index (χ2n) is 7.84. The largest absolute Gasteiger partial charge is 0.399 e. The van der Waals surface area contributed by atoms with E-state index in [1.807, 2.05) is 43.3 Å². The van der Waals surface area contributed by atoms with Crippen LogP contribution in [0.4, 0.5) is 11.4 Å². The van der Waals surface area contributed by atoms with Crippen LogP contribution < -0.4 is 11.5 Å². The third-order valence-electron chi connectivity index (χ3n) is 5.51. The van der Waals surface area contributed by atoms with Crippen LogP contribution >= 0.6 is 0 Å². The molecule has 1 saturated heterocycles. The van der Waals surface area contributed by atoms with E-state index in [2.05, 4.69) is 42.5 Å². The van der Waals surface area contributed by atoms with E-state index in [4.69, 9.17) is 16.2 Å². The fourth-order valence-corrected chi connectivity index (χ4v) is 3.60. The summed E-state index contributed by atoms with van der Waals surface area (Å²) in [4.78, 5) is 0. The molecule has 4 heteroatoms. The van der Waals surface area contributed by atoms with Crippen LogP contribution in [0.25, 0.3) is 0 Å². The van der Waals surface area contributed by atoms with Gasteiger partial charge in [0.05, 0.1) is 11.5 Å². The minimum Gasteiger partial charge on any atom is -0.399 e. The smallest absolute Gasteiger partial charge is 0.0866 e. The number of aryl methyl sites for hydroxylation is 1. The number of nitriles is 1. The molecule has 0 saturated carbocycles. The van der Waals surface area contributed by atoms with Crippen molar-refractivity contribution in [1.82, 2.24) is 0 Å². The summed E-state index contributed by atoms with van der Waals surface area (Å²) in [5, 5.41) is 9.69. The molecule has 0 radical (unpaired) electrons. The first-order valence-corrected chi connectivity index (χ1v) is 10.3. The molecule has 4 N–H and O–H groups in total. The molecule has 1 aliphatic rings. The van der Waals surface area contributed by atoms with E-state index in [-0.39, 0.29) is 0 Å². The number of ether oxygens (including phenoxy) is 1. The number of rotatable bonds is 3. The highest BCUT2D eigenvalue weighted by atomic mass is 16.5. The van der Waals surface area contributed by atoms with Gasteiger partial charge in [0.1, 0.15) is 0 Å². The number of hydrogen-bond acceptors (Lipinski definition) is 4. The molecule has 3 aromatic rings. The summed E-state index contributed by atoms with van der Waals surface area (Å²) in [5.74, 6) is 0. The third-order valence-corrected chi connectivity index (χ3v) is 5.51. The monoisotopic (exact) mass is 399 g/mol. The van der Waals surface area contributed by atoms with Crippen LogP contribution in [0.2, 0.25) is 0 Å². The van der Waals surface area contributed by atoms with Crippen molar-refractivity contribution in [2.75, 3.05) is 24.7 Å². The first-order chi connectivity index (χ1) is 14.5. The number of benzene rings is 3. The zero-order valence-corrected chi connectivity index (χ0v) is 17.5. The van der Waals surface area contributed by atoms with E-state index in [1.165, 1.54) is 16.7 Å². The second kappa shape index (κ2) is 9.96. The van der Waals surface area contributed by atoms with Gasteiger partial charge in [0.15, 0.2) is 0 Å². The van der Waals surface area contributed by atoms with Gasteiger partial charge in [0, 0.05) is 24.6 Å². The van der Waals surface area contributed by atoms with Crippen LogP contribution in [0.1, 0.15) is 35.1 Å². The van der Waals surface area contributed by atoms with Crippen LogP contribution in [0.3, 0.4) is 0 Å². The lowest BCUT2D eigenvalue weighted by Gasteiger charge is -2.31. The number of nitrogens with two attached hydrogens (primary N) is 2. The highest BCUT2D eigenvalue weighted by Gasteiger charge is 2.34. The Morgan fingerprint density at radius 3 is 2.03 bits per heavy atom. The Balaban J connectivity index is 0.000000269. The highest BCUT2D eigenvalue weighted by Crippen LogP contribution is 2.34. The van der Waals surface area contributed by atoms with Crippen LogP contribution in [-0.4, -0.2) is 13.2 Å². The Morgan fingerprint density at radius 2 is 1.47 bits per heavy atom. The van der Waals surface area contributed by atoms with Gasteiger partial charge in [-0.1, -0.05) is 54.1 Å². The van der Waals surface area contributed by atoms with E-state index in [1.54, 1.807) is 0 Å². The summed E-state index contributed by atoms with van der Waals surface area (Å²) in [6.07, 6.45) is 2.40. The predicted molar refractivity (Wildman–Crippen MR) is 123 cm³/mol. The topological polar surface area (TPSA) is 85.1 Å². The predicted octanol–water partition coefficient (Wildman–Crippen LogP) is 5.01. The molecule has 4 rings (SSSR count). The maximum absolute atomic E-state index is 9.69. The first-order valence-electron chi connectivity index (χ1n) is 10.3. The molecule has 0 aliphatic carbocycles. The molecule has 4 nitrogen and oxygen atoms in total. The molecule has 0 spiro atoms. The fraction of sp³-hybridized carbons (Fsp3) is 0.269. The highest BCUT2D eigenvalue weighted by molar-refractivity contribution is 5.42. The molecule has 3 aromatic carbocycles. The van der Waals surface area contributed by atoms with Crippen LogP contribution in [0.5, 0.6) is 0 Å². The summed E-state index contributed by atoms with van der Waals surface area (Å²) in [6.45, 7) is 3.37. The Morgan fingerprint density at radius 1 is 0.867 bits per heavy atom. The number of hydrogen-bond donors (Lipinski definition) is 2. The van der Waals surface area contributed by atoms with E-state index < -0.39 is 5.41 Å². The maximum atomic E-state index is 9.69. The lowest BCUT2D eigenvalue weighted by Crippen LogP contribution is -2.32. The zero-order chi connectivity index (χ0) is 21.4. The maximum Gasteiger partial charge on any atom is 0.0866 e. The average Bonchev–Trinajstić information content (AvgIpc) is 2.78. The number of anilines is 2. The molecule has 1 aliphatic heterocycles. The molecule has 0 unspecified atom stereocenters. The Kier molecular flexibility index (Phi) is 7.11. The lowest BCUT2D eigenvalue weighted by molar-refractivity contribution is 0.0675. The van der Waals surface area contributed by atoms with Gasteiger partial charge < -0.3 is 16.2 Å². The Hall–Kier alpha value is -3.29. The molecule has 0 aromatic heterocycles. The molecular formula is C26H29N3O. The van der Waals surface area contributed by atoms with Crippen LogP contribution in [0, 0.1) is 18.3 Å². The van der Waals surface area contributed by atoms with Crippen LogP contribution in [-0.2, 0) is 16.6 Å². The first kappa shape index (κ1) is 21.4. The summed E-state index contributed by atoms with van der Waals surface area (Å²) in [7, 11) is 0. The molecule has 0 amide bonds. The molecule has 0 atom stereocenters. The molecule has 154 valence electrons. The quantitative estimate of drug-likeness (QED) is 0.606. The summed E-state index contributed by atoms with van der Waals surface area (Å²) >= 11 is 0. The Labute approximate surface area is 179 Å². The minimum absolute atomic E-state index is 0.393. The van der Waals surface area contributed by atoms with Crippen molar-refractivity contribution in [1.29, 1.82) is 5.26 Å². The van der Waals surface area contributed by atoms with Crippen molar-refractivity contribution in [3.63, 3.8) is 0 Å². The summed E-state index contributed by atoms with van der Waals surface area (Å²) in [6, 6.07) is 26.7. The number of nitrogens with zero attached hydrogens (tertiary/aromatic N) is 1. The van der Waals surface area contributed by atoms with E-state index in [9.17, 15) is 5.26 Å². The third kappa shape index (κ3) is 5.62. The average molecular weight is 400 g/mol.